The molecule has 1 heterocycles. The molecule has 12 nitrogen and oxygen atoms in total. The van der Waals surface area contributed by atoms with Crippen molar-refractivity contribution < 1.29 is 42.4 Å². The predicted octanol–water partition coefficient (Wildman–Crippen LogP) is 5.80. The average Bonchev–Trinajstić information content (AvgIpc) is 3.59. The molecule has 0 aliphatic carbocycles. The number of furan rings is 1. The summed E-state index contributed by atoms with van der Waals surface area (Å²) in [5.74, 6) is -0.827. The van der Waals surface area contributed by atoms with Gasteiger partial charge >= 0.3 is 8.25 Å². The van der Waals surface area contributed by atoms with E-state index in [2.05, 4.69) is 10.6 Å². The van der Waals surface area contributed by atoms with Crippen molar-refractivity contribution in [2.75, 3.05) is 13.3 Å². The second kappa shape index (κ2) is 18.3. The normalized spacial score (nSPS) is 12.4. The predicted molar refractivity (Wildman–Crippen MR) is 178 cm³/mol. The molecule has 0 aliphatic heterocycles. The van der Waals surface area contributed by atoms with E-state index in [0.29, 0.717) is 49.4 Å². The van der Waals surface area contributed by atoms with Gasteiger partial charge in [0.25, 0.3) is 5.91 Å². The zero-order valence-electron chi connectivity index (χ0n) is 26.7. The second-order valence-corrected chi connectivity index (χ2v) is 11.3. The monoisotopic (exact) mass is 676 g/mol. The van der Waals surface area contributed by atoms with Gasteiger partial charge in [-0.2, -0.15) is 0 Å². The lowest BCUT2D eigenvalue weighted by Gasteiger charge is -2.32. The van der Waals surface area contributed by atoms with Crippen molar-refractivity contribution in [1.82, 2.24) is 15.7 Å². The van der Waals surface area contributed by atoms with Gasteiger partial charge in [0.1, 0.15) is 18.1 Å². The largest absolute Gasteiger partial charge is 0.747 e. The molecule has 3 amide bonds. The van der Waals surface area contributed by atoms with Crippen LogP contribution < -0.4 is 19.9 Å². The molecule has 1 aromatic heterocycles. The lowest BCUT2D eigenvalue weighted by molar-refractivity contribution is -0.200. The first kappa shape index (κ1) is 35.8. The molecule has 4 rings (SSSR count). The fourth-order valence-electron chi connectivity index (χ4n) is 5.19. The summed E-state index contributed by atoms with van der Waals surface area (Å²) in [6.07, 6.45) is 2.07. The number of hydroxylamine groups is 2. The second-order valence-electron chi connectivity index (χ2n) is 10.7. The number of carbonyl (C=O) groups excluding carboxylic acids is 3. The van der Waals surface area contributed by atoms with Crippen molar-refractivity contribution in [2.45, 2.75) is 45.8 Å². The fraction of sp³-hybridized carbons (Fsp3) is 0.286. The number of amides is 3. The van der Waals surface area contributed by atoms with Crippen LogP contribution in [0.2, 0.25) is 0 Å². The molecule has 13 heteroatoms. The highest BCUT2D eigenvalue weighted by atomic mass is 31.1. The van der Waals surface area contributed by atoms with Gasteiger partial charge in [-0.25, -0.2) is 9.59 Å². The highest BCUT2D eigenvalue weighted by molar-refractivity contribution is 7.32. The number of nitrogens with zero attached hydrogens (tertiary/aromatic N) is 1. The van der Waals surface area contributed by atoms with E-state index in [0.717, 1.165) is 11.1 Å². The number of aryl methyl sites for hydroxylation is 1. The topological polar surface area (TPSA) is 157 Å². The lowest BCUT2D eigenvalue weighted by atomic mass is 9.90. The molecule has 0 aliphatic rings. The molecular formula is C35H39N3O9P+. The zero-order valence-corrected chi connectivity index (χ0v) is 27.6. The van der Waals surface area contributed by atoms with Crippen LogP contribution in [0.15, 0.2) is 95.4 Å². The molecule has 0 bridgehead atoms. The van der Waals surface area contributed by atoms with Crippen molar-refractivity contribution in [2.24, 2.45) is 5.92 Å². The third-order valence-corrected chi connectivity index (χ3v) is 7.83. The van der Waals surface area contributed by atoms with Gasteiger partial charge in [0.15, 0.2) is 11.5 Å². The molecule has 3 aromatic carbocycles. The molecule has 252 valence electrons. The number of hydrogen-bond acceptors (Lipinski definition) is 8. The Morgan fingerprint density at radius 3 is 2.27 bits per heavy atom. The van der Waals surface area contributed by atoms with Crippen LogP contribution in [0.1, 0.15) is 48.4 Å². The van der Waals surface area contributed by atoms with Gasteiger partial charge in [-0.05, 0) is 61.6 Å². The number of ether oxygens (including phenoxy) is 1. The van der Waals surface area contributed by atoms with E-state index in [1.54, 1.807) is 19.1 Å². The summed E-state index contributed by atoms with van der Waals surface area (Å²) in [7, 11) is -2.90. The maximum atomic E-state index is 13.6. The Kier molecular flexibility index (Phi) is 13.7. The summed E-state index contributed by atoms with van der Waals surface area (Å²) < 4.78 is 27.4. The molecule has 0 spiro atoms. The van der Waals surface area contributed by atoms with E-state index in [1.165, 1.54) is 23.3 Å². The minimum atomic E-state index is -2.90. The van der Waals surface area contributed by atoms with Crippen LogP contribution in [0.5, 0.6) is 11.5 Å². The van der Waals surface area contributed by atoms with Crippen molar-refractivity contribution in [1.29, 1.82) is 0 Å². The summed E-state index contributed by atoms with van der Waals surface area (Å²) in [4.78, 5) is 53.8. The molecule has 3 atom stereocenters. The number of hydrogen-bond donors (Lipinski definition) is 3. The SMILES string of the molecule is CCOc1cc(O[P+](=O)O)cc(-c2ccc(C(=O)NCNC(=O)C(CCc3ccccc3)C(CC)N(C=O)OCc3ccccc3)o2)c1. The van der Waals surface area contributed by atoms with Crippen LogP contribution in [0.25, 0.3) is 11.3 Å². The molecular weight excluding hydrogens is 637 g/mol. The van der Waals surface area contributed by atoms with Crippen LogP contribution in [0, 0.1) is 5.92 Å². The van der Waals surface area contributed by atoms with Gasteiger partial charge < -0.3 is 19.8 Å². The summed E-state index contributed by atoms with van der Waals surface area (Å²) in [6.45, 7) is 4.00. The Balaban J connectivity index is 1.42. The maximum absolute atomic E-state index is 13.6. The first-order valence-electron chi connectivity index (χ1n) is 15.5. The Labute approximate surface area is 279 Å². The Morgan fingerprint density at radius 1 is 0.938 bits per heavy atom. The Bertz CT molecular complexity index is 1650. The van der Waals surface area contributed by atoms with E-state index >= 15 is 0 Å². The zero-order chi connectivity index (χ0) is 34.3. The Morgan fingerprint density at radius 2 is 1.62 bits per heavy atom. The average molecular weight is 677 g/mol. The summed E-state index contributed by atoms with van der Waals surface area (Å²) in [5, 5.41) is 6.63. The van der Waals surface area contributed by atoms with Gasteiger partial charge in [-0.15, -0.1) is 4.89 Å². The number of carbonyl (C=O) groups is 3. The van der Waals surface area contributed by atoms with E-state index in [4.69, 9.17) is 23.4 Å². The molecule has 4 aromatic rings. The molecule has 0 radical (unpaired) electrons. The summed E-state index contributed by atoms with van der Waals surface area (Å²) >= 11 is 0. The van der Waals surface area contributed by atoms with E-state index < -0.39 is 26.1 Å². The third kappa shape index (κ3) is 10.5. The van der Waals surface area contributed by atoms with Crippen molar-refractivity contribution in [3.8, 4) is 22.8 Å². The van der Waals surface area contributed by atoms with Crippen molar-refractivity contribution >= 4 is 26.5 Å². The summed E-state index contributed by atoms with van der Waals surface area (Å²) in [5.41, 5.74) is 2.39. The highest BCUT2D eigenvalue weighted by Gasteiger charge is 2.32. The lowest BCUT2D eigenvalue weighted by Crippen LogP contribution is -2.48. The number of benzene rings is 3. The van der Waals surface area contributed by atoms with Crippen LogP contribution in [-0.2, 0) is 32.0 Å². The van der Waals surface area contributed by atoms with Crippen molar-refractivity contribution in [3.05, 3.63) is 108 Å². The molecule has 3 unspecified atom stereocenters. The van der Waals surface area contributed by atoms with Gasteiger partial charge in [0.05, 0.1) is 25.2 Å². The molecule has 0 saturated heterocycles. The van der Waals surface area contributed by atoms with Crippen LogP contribution in [-0.4, -0.2) is 47.5 Å². The van der Waals surface area contributed by atoms with Crippen LogP contribution >= 0.6 is 8.25 Å². The highest BCUT2D eigenvalue weighted by Crippen LogP contribution is 2.34. The van der Waals surface area contributed by atoms with Crippen LogP contribution in [0.3, 0.4) is 0 Å². The van der Waals surface area contributed by atoms with Gasteiger partial charge in [-0.1, -0.05) is 67.6 Å². The fourth-order valence-corrected chi connectivity index (χ4v) is 5.47. The van der Waals surface area contributed by atoms with E-state index in [1.807, 2.05) is 67.6 Å². The maximum Gasteiger partial charge on any atom is 0.747 e. The summed E-state index contributed by atoms with van der Waals surface area (Å²) in [6, 6.07) is 26.2. The smallest absolute Gasteiger partial charge is 0.494 e. The van der Waals surface area contributed by atoms with E-state index in [-0.39, 0.29) is 30.7 Å². The number of rotatable bonds is 19. The van der Waals surface area contributed by atoms with Gasteiger partial charge in [0.2, 0.25) is 12.3 Å². The Hall–Kier alpha value is -5.03. The minimum Gasteiger partial charge on any atom is -0.494 e. The number of nitrogens with one attached hydrogen (secondary N) is 2. The molecule has 3 N–H and O–H groups in total. The first-order chi connectivity index (χ1) is 23.3. The van der Waals surface area contributed by atoms with Crippen LogP contribution in [0.4, 0.5) is 0 Å². The van der Waals surface area contributed by atoms with Gasteiger partial charge in [-0.3, -0.25) is 19.2 Å². The quantitative estimate of drug-likeness (QED) is 0.0484. The van der Waals surface area contributed by atoms with Crippen molar-refractivity contribution in [3.63, 3.8) is 0 Å². The standard InChI is InChI=1S/C35H38N3O9P/c1-3-31(38(24-39)45-22-26-13-9-6-10-14-26)30(16-15-25-11-7-5-8-12-25)34(40)36-23-37-35(41)33-18-17-32(46-33)27-19-28(44-4-2)21-29(20-27)47-48(42)43/h5-14,17-21,24,30-31H,3-4,15-16,22-23H2,1-2H3,(H2-,36,37,40,41,42,43)/p+1. The molecule has 0 saturated carbocycles. The molecule has 0 fully saturated rings. The van der Waals surface area contributed by atoms with E-state index in [9.17, 15) is 18.9 Å². The van der Waals surface area contributed by atoms with Gasteiger partial charge in [0, 0.05) is 16.2 Å². The molecule has 48 heavy (non-hydrogen) atoms. The third-order valence-electron chi connectivity index (χ3n) is 7.46. The minimum absolute atomic E-state index is 0.0229. The first-order valence-corrected chi connectivity index (χ1v) is 16.7.